The van der Waals surface area contributed by atoms with Crippen LogP contribution in [0.3, 0.4) is 0 Å². The van der Waals surface area contributed by atoms with Gasteiger partial charge in [0.05, 0.1) is 24.6 Å². The third kappa shape index (κ3) is 3.19. The molecule has 0 spiro atoms. The smallest absolute Gasteiger partial charge is 0.338 e. The van der Waals surface area contributed by atoms with E-state index >= 15 is 0 Å². The van der Waals surface area contributed by atoms with Crippen molar-refractivity contribution in [2.24, 2.45) is 5.41 Å². The summed E-state index contributed by atoms with van der Waals surface area (Å²) in [7, 11) is 1.39. The molecule has 0 atom stereocenters. The number of carbonyl (C=O) groups is 2. The second-order valence-electron chi connectivity index (χ2n) is 4.78. The molecule has 0 aliphatic heterocycles. The number of nitrogens with one attached hydrogen (secondary N) is 1. The number of aromatic nitrogens is 1. The summed E-state index contributed by atoms with van der Waals surface area (Å²) in [6.07, 6.45) is 1.27. The molecule has 1 aromatic rings. The predicted molar refractivity (Wildman–Crippen MR) is 65.8 cm³/mol. The lowest BCUT2D eigenvalue weighted by molar-refractivity contribution is -0.123. The third-order valence-corrected chi connectivity index (χ3v) is 2.25. The Morgan fingerprint density at radius 1 is 1.39 bits per heavy atom. The van der Waals surface area contributed by atoms with Crippen LogP contribution in [0.2, 0.25) is 0 Å². The zero-order chi connectivity index (χ0) is 13.9. The van der Waals surface area contributed by atoms with Crippen LogP contribution in [0.4, 0.5) is 5.69 Å². The van der Waals surface area contributed by atoms with E-state index < -0.39 is 11.4 Å². The standard InChI is InChI=1S/C12H16N2O4/c1-12(2,3)11(17)14-8-6-13-9(18-4)5-7(8)10(15)16/h5-6H,1-4H3,(H,14,17)(H,15,16). The van der Waals surface area contributed by atoms with Crippen molar-refractivity contribution in [1.82, 2.24) is 4.98 Å². The van der Waals surface area contributed by atoms with Crippen molar-refractivity contribution >= 4 is 17.6 Å². The lowest BCUT2D eigenvalue weighted by Crippen LogP contribution is -2.28. The molecule has 98 valence electrons. The Morgan fingerprint density at radius 2 is 2.00 bits per heavy atom. The van der Waals surface area contributed by atoms with E-state index in [-0.39, 0.29) is 23.0 Å². The molecule has 2 N–H and O–H groups in total. The number of nitrogens with zero attached hydrogens (tertiary/aromatic N) is 1. The zero-order valence-corrected chi connectivity index (χ0v) is 10.8. The van der Waals surface area contributed by atoms with Gasteiger partial charge in [0.15, 0.2) is 0 Å². The van der Waals surface area contributed by atoms with Gasteiger partial charge >= 0.3 is 5.97 Å². The molecular formula is C12H16N2O4. The number of anilines is 1. The van der Waals surface area contributed by atoms with Crippen LogP contribution in [0.25, 0.3) is 0 Å². The number of ether oxygens (including phenoxy) is 1. The number of aromatic carboxylic acids is 1. The second kappa shape index (κ2) is 5.03. The normalized spacial score (nSPS) is 10.9. The van der Waals surface area contributed by atoms with E-state index in [4.69, 9.17) is 9.84 Å². The van der Waals surface area contributed by atoms with Gasteiger partial charge in [0.2, 0.25) is 11.8 Å². The quantitative estimate of drug-likeness (QED) is 0.855. The van der Waals surface area contributed by atoms with Crippen molar-refractivity contribution in [1.29, 1.82) is 0 Å². The molecule has 0 saturated heterocycles. The third-order valence-electron chi connectivity index (χ3n) is 2.25. The molecule has 0 unspecified atom stereocenters. The topological polar surface area (TPSA) is 88.5 Å². The average molecular weight is 252 g/mol. The molecule has 6 heteroatoms. The number of carboxylic acids is 1. The van der Waals surface area contributed by atoms with Crippen molar-refractivity contribution in [2.45, 2.75) is 20.8 Å². The first-order chi connectivity index (χ1) is 8.25. The zero-order valence-electron chi connectivity index (χ0n) is 10.8. The Labute approximate surface area is 105 Å². The minimum atomic E-state index is -1.15. The molecule has 6 nitrogen and oxygen atoms in total. The molecule has 0 aromatic carbocycles. The van der Waals surface area contributed by atoms with Crippen LogP contribution in [0.5, 0.6) is 5.88 Å². The Balaban J connectivity index is 3.09. The molecule has 0 bridgehead atoms. The van der Waals surface area contributed by atoms with Crippen LogP contribution < -0.4 is 10.1 Å². The number of hydrogen-bond donors (Lipinski definition) is 2. The number of methoxy groups -OCH3 is 1. The lowest BCUT2D eigenvalue weighted by Gasteiger charge is -2.18. The molecule has 0 fully saturated rings. The van der Waals surface area contributed by atoms with Gasteiger partial charge in [-0.3, -0.25) is 4.79 Å². The van der Waals surface area contributed by atoms with Crippen molar-refractivity contribution < 1.29 is 19.4 Å². The maximum atomic E-state index is 11.8. The van der Waals surface area contributed by atoms with E-state index in [9.17, 15) is 9.59 Å². The SMILES string of the molecule is COc1cc(C(=O)O)c(NC(=O)C(C)(C)C)cn1. The summed E-state index contributed by atoms with van der Waals surface area (Å²) < 4.78 is 4.85. The van der Waals surface area contributed by atoms with Crippen molar-refractivity contribution in [3.8, 4) is 5.88 Å². The van der Waals surface area contributed by atoms with E-state index in [1.807, 2.05) is 0 Å². The Kier molecular flexibility index (Phi) is 3.90. The predicted octanol–water partition coefficient (Wildman–Crippen LogP) is 1.77. The van der Waals surface area contributed by atoms with E-state index in [1.54, 1.807) is 20.8 Å². The number of amides is 1. The number of pyridine rings is 1. The largest absolute Gasteiger partial charge is 0.481 e. The maximum absolute atomic E-state index is 11.8. The van der Waals surface area contributed by atoms with Crippen molar-refractivity contribution in [2.75, 3.05) is 12.4 Å². The molecule has 0 radical (unpaired) electrons. The van der Waals surface area contributed by atoms with Gasteiger partial charge in [0.25, 0.3) is 0 Å². The van der Waals surface area contributed by atoms with E-state index in [1.165, 1.54) is 19.4 Å². The molecule has 0 aliphatic rings. The molecule has 1 aromatic heterocycles. The maximum Gasteiger partial charge on any atom is 0.338 e. The van der Waals surface area contributed by atoms with E-state index in [2.05, 4.69) is 10.3 Å². The first-order valence-electron chi connectivity index (χ1n) is 5.34. The number of carbonyl (C=O) groups excluding carboxylic acids is 1. The molecule has 0 aliphatic carbocycles. The molecule has 0 saturated carbocycles. The van der Waals surface area contributed by atoms with Crippen LogP contribution in [-0.2, 0) is 4.79 Å². The first kappa shape index (κ1) is 14.0. The summed E-state index contributed by atoms with van der Waals surface area (Å²) in [4.78, 5) is 26.8. The molecular weight excluding hydrogens is 236 g/mol. The van der Waals surface area contributed by atoms with Crippen LogP contribution >= 0.6 is 0 Å². The van der Waals surface area contributed by atoms with Gasteiger partial charge in [-0.1, -0.05) is 20.8 Å². The fourth-order valence-corrected chi connectivity index (χ4v) is 1.13. The number of rotatable bonds is 3. The minimum Gasteiger partial charge on any atom is -0.481 e. The van der Waals surface area contributed by atoms with Gasteiger partial charge in [0, 0.05) is 11.5 Å². The van der Waals surface area contributed by atoms with Gasteiger partial charge in [-0.05, 0) is 0 Å². The molecule has 1 rings (SSSR count). The fraction of sp³-hybridized carbons (Fsp3) is 0.417. The van der Waals surface area contributed by atoms with Gasteiger partial charge in [0.1, 0.15) is 0 Å². The highest BCUT2D eigenvalue weighted by Crippen LogP contribution is 2.22. The van der Waals surface area contributed by atoms with Gasteiger partial charge in [-0.15, -0.1) is 0 Å². The summed E-state index contributed by atoms with van der Waals surface area (Å²) in [6.45, 7) is 5.21. The summed E-state index contributed by atoms with van der Waals surface area (Å²) in [6, 6.07) is 1.26. The number of hydrogen-bond acceptors (Lipinski definition) is 4. The Hall–Kier alpha value is -2.11. The summed E-state index contributed by atoms with van der Waals surface area (Å²) in [5.74, 6) is -1.25. The van der Waals surface area contributed by atoms with E-state index in [0.29, 0.717) is 0 Å². The van der Waals surface area contributed by atoms with Crippen molar-refractivity contribution in [3.63, 3.8) is 0 Å². The lowest BCUT2D eigenvalue weighted by atomic mass is 9.95. The van der Waals surface area contributed by atoms with Gasteiger partial charge in [-0.25, -0.2) is 9.78 Å². The first-order valence-corrected chi connectivity index (χ1v) is 5.34. The minimum absolute atomic E-state index is 0.0561. The average Bonchev–Trinajstić information content (AvgIpc) is 2.27. The molecule has 1 amide bonds. The second-order valence-corrected chi connectivity index (χ2v) is 4.78. The van der Waals surface area contributed by atoms with Crippen molar-refractivity contribution in [3.05, 3.63) is 17.8 Å². The van der Waals surface area contributed by atoms with Crippen LogP contribution in [0.15, 0.2) is 12.3 Å². The van der Waals surface area contributed by atoms with Gasteiger partial charge < -0.3 is 15.2 Å². The van der Waals surface area contributed by atoms with Gasteiger partial charge in [-0.2, -0.15) is 0 Å². The highest BCUT2D eigenvalue weighted by Gasteiger charge is 2.23. The molecule has 1 heterocycles. The Morgan fingerprint density at radius 3 is 2.44 bits per heavy atom. The van der Waals surface area contributed by atoms with E-state index in [0.717, 1.165) is 0 Å². The highest BCUT2D eigenvalue weighted by atomic mass is 16.5. The highest BCUT2D eigenvalue weighted by molar-refractivity contribution is 6.01. The summed E-state index contributed by atoms with van der Waals surface area (Å²) in [5, 5.41) is 11.6. The monoisotopic (exact) mass is 252 g/mol. The van der Waals surface area contributed by atoms with Crippen LogP contribution in [-0.4, -0.2) is 29.1 Å². The van der Waals surface area contributed by atoms with Crippen LogP contribution in [0.1, 0.15) is 31.1 Å². The summed E-state index contributed by atoms with van der Waals surface area (Å²) >= 11 is 0. The van der Waals surface area contributed by atoms with Crippen LogP contribution in [0, 0.1) is 5.41 Å². The Bertz CT molecular complexity index is 477. The fourth-order valence-electron chi connectivity index (χ4n) is 1.13. The molecule has 18 heavy (non-hydrogen) atoms. The summed E-state index contributed by atoms with van der Waals surface area (Å²) in [5.41, 5.74) is -0.516. The number of carboxylic acid groups (broad SMARTS) is 1.